The van der Waals surface area contributed by atoms with E-state index >= 15 is 0 Å². The van der Waals surface area contributed by atoms with Crippen LogP contribution in [0.4, 0.5) is 0 Å². The van der Waals surface area contributed by atoms with E-state index < -0.39 is 0 Å². The second-order valence-electron chi connectivity index (χ2n) is 6.82. The van der Waals surface area contributed by atoms with Crippen molar-refractivity contribution < 1.29 is 9.57 Å². The minimum atomic E-state index is -0.0372. The van der Waals surface area contributed by atoms with E-state index in [-0.39, 0.29) is 6.10 Å². The summed E-state index contributed by atoms with van der Waals surface area (Å²) in [6.45, 7) is 3.60. The molecule has 8 heteroatoms. The summed E-state index contributed by atoms with van der Waals surface area (Å²) in [7, 11) is 0. The molecule has 0 bridgehead atoms. The van der Waals surface area contributed by atoms with Crippen molar-refractivity contribution in [1.29, 1.82) is 0 Å². The lowest BCUT2D eigenvalue weighted by molar-refractivity contribution is -0.0769. The molecule has 142 valence electrons. The monoisotopic (exact) mass is 376 g/mol. The molecular formula is C20H20N6O2. The van der Waals surface area contributed by atoms with Crippen molar-refractivity contribution in [1.82, 2.24) is 30.0 Å². The first-order valence-electron chi connectivity index (χ1n) is 9.33. The highest BCUT2D eigenvalue weighted by atomic mass is 16.7. The Bertz CT molecular complexity index is 1090. The molecule has 0 aliphatic carbocycles. The van der Waals surface area contributed by atoms with Gasteiger partial charge in [-0.1, -0.05) is 23.0 Å². The van der Waals surface area contributed by atoms with Crippen LogP contribution >= 0.6 is 0 Å². The molecule has 4 heterocycles. The van der Waals surface area contributed by atoms with Gasteiger partial charge in [0.1, 0.15) is 18.2 Å². The predicted molar refractivity (Wildman–Crippen MR) is 104 cm³/mol. The smallest absolute Gasteiger partial charge is 0.219 e. The van der Waals surface area contributed by atoms with Gasteiger partial charge in [-0.2, -0.15) is 0 Å². The van der Waals surface area contributed by atoms with Gasteiger partial charge < -0.3 is 9.57 Å². The molecule has 0 spiro atoms. The fourth-order valence-electron chi connectivity index (χ4n) is 3.54. The molecule has 1 aromatic carbocycles. The number of hydrogen-bond donors (Lipinski definition) is 0. The molecule has 0 amide bonds. The van der Waals surface area contributed by atoms with Gasteiger partial charge in [-0.25, -0.2) is 4.98 Å². The average Bonchev–Trinajstić information content (AvgIpc) is 3.16. The molecule has 1 saturated heterocycles. The summed E-state index contributed by atoms with van der Waals surface area (Å²) in [5, 5.41) is 9.26. The van der Waals surface area contributed by atoms with Gasteiger partial charge in [-0.15, -0.1) is 5.10 Å². The summed E-state index contributed by atoms with van der Waals surface area (Å²) in [6, 6.07) is 14.0. The van der Waals surface area contributed by atoms with Crippen molar-refractivity contribution in [3.63, 3.8) is 0 Å². The van der Waals surface area contributed by atoms with Crippen molar-refractivity contribution in [2.75, 3.05) is 26.3 Å². The summed E-state index contributed by atoms with van der Waals surface area (Å²) < 4.78 is 5.88. The average molecular weight is 376 g/mol. The Hall–Kier alpha value is -3.10. The third kappa shape index (κ3) is 3.39. The summed E-state index contributed by atoms with van der Waals surface area (Å²) in [5.41, 5.74) is 3.62. The first-order valence-corrected chi connectivity index (χ1v) is 9.33. The van der Waals surface area contributed by atoms with Crippen molar-refractivity contribution in [2.24, 2.45) is 0 Å². The first-order chi connectivity index (χ1) is 13.9. The molecule has 0 saturated carbocycles. The van der Waals surface area contributed by atoms with Gasteiger partial charge in [0, 0.05) is 37.4 Å². The number of ether oxygens (including phenoxy) is 1. The van der Waals surface area contributed by atoms with E-state index in [0.29, 0.717) is 24.4 Å². The molecule has 8 nitrogen and oxygen atoms in total. The second-order valence-corrected chi connectivity index (χ2v) is 6.82. The molecule has 1 aliphatic rings. The van der Waals surface area contributed by atoms with Gasteiger partial charge in [0.05, 0.1) is 12.1 Å². The van der Waals surface area contributed by atoms with E-state index in [0.717, 1.165) is 25.2 Å². The molecule has 3 aromatic heterocycles. The van der Waals surface area contributed by atoms with E-state index in [9.17, 15) is 0 Å². The van der Waals surface area contributed by atoms with Crippen LogP contribution in [-0.2, 0) is 11.3 Å². The van der Waals surface area contributed by atoms with Crippen LogP contribution < -0.4 is 4.84 Å². The molecule has 0 radical (unpaired) electrons. The molecule has 5 rings (SSSR count). The maximum absolute atomic E-state index is 5.88. The van der Waals surface area contributed by atoms with Crippen molar-refractivity contribution in [3.05, 3.63) is 60.4 Å². The number of pyridine rings is 2. The Kier molecular flexibility index (Phi) is 4.56. The van der Waals surface area contributed by atoms with E-state index in [1.807, 2.05) is 30.5 Å². The molecule has 4 aromatic rings. The van der Waals surface area contributed by atoms with E-state index in [2.05, 4.69) is 43.4 Å². The number of nitrogens with zero attached hydrogens (tertiary/aromatic N) is 6. The minimum Gasteiger partial charge on any atom is -0.391 e. The van der Waals surface area contributed by atoms with E-state index in [4.69, 9.17) is 9.57 Å². The number of benzene rings is 1. The van der Waals surface area contributed by atoms with E-state index in [1.165, 1.54) is 15.8 Å². The SMILES string of the molecule is c1ccc2c(CN3CCOC(COn4nnc5cccnc54)C3)ccnc2c1. The Morgan fingerprint density at radius 3 is 2.96 bits per heavy atom. The topological polar surface area (TPSA) is 78.2 Å². The summed E-state index contributed by atoms with van der Waals surface area (Å²) in [6.07, 6.45) is 3.54. The molecule has 1 atom stereocenters. The van der Waals surface area contributed by atoms with E-state index in [1.54, 1.807) is 6.20 Å². The van der Waals surface area contributed by atoms with Gasteiger partial charge in [0.25, 0.3) is 0 Å². The lowest BCUT2D eigenvalue weighted by atomic mass is 10.1. The number of fused-ring (bicyclic) bond motifs is 2. The number of para-hydroxylation sites is 1. The largest absolute Gasteiger partial charge is 0.391 e. The molecule has 1 unspecified atom stereocenters. The van der Waals surface area contributed by atoms with Gasteiger partial charge >= 0.3 is 0 Å². The number of morpholine rings is 1. The summed E-state index contributed by atoms with van der Waals surface area (Å²) >= 11 is 0. The Labute approximate surface area is 161 Å². The third-order valence-electron chi connectivity index (χ3n) is 4.92. The molecule has 0 N–H and O–H groups in total. The van der Waals surface area contributed by atoms with Crippen LogP contribution in [0.1, 0.15) is 5.56 Å². The Balaban J connectivity index is 1.25. The zero-order chi connectivity index (χ0) is 18.8. The van der Waals surface area contributed by atoms with Crippen LogP contribution in [0.2, 0.25) is 0 Å². The lowest BCUT2D eigenvalue weighted by Gasteiger charge is -2.32. The standard InChI is InChI=1S/C20H20N6O2/c1-2-5-18-17(4-1)15(7-9-21-18)12-25-10-11-27-16(13-25)14-28-26-20-19(23-24-26)6-3-8-22-20/h1-9,16H,10-14H2. The minimum absolute atomic E-state index is 0.0372. The van der Waals surface area contributed by atoms with Crippen LogP contribution in [0.15, 0.2) is 54.9 Å². The Morgan fingerprint density at radius 1 is 1.04 bits per heavy atom. The zero-order valence-electron chi connectivity index (χ0n) is 15.3. The van der Waals surface area contributed by atoms with Gasteiger partial charge in [0.15, 0.2) is 0 Å². The van der Waals surface area contributed by atoms with Crippen LogP contribution in [-0.4, -0.2) is 62.4 Å². The third-order valence-corrected chi connectivity index (χ3v) is 4.92. The highest BCUT2D eigenvalue weighted by Crippen LogP contribution is 2.19. The van der Waals surface area contributed by atoms with Crippen LogP contribution in [0.3, 0.4) is 0 Å². The lowest BCUT2D eigenvalue weighted by Crippen LogP contribution is -2.45. The van der Waals surface area contributed by atoms with Crippen molar-refractivity contribution in [3.8, 4) is 0 Å². The van der Waals surface area contributed by atoms with Gasteiger partial charge in [0.2, 0.25) is 5.65 Å². The predicted octanol–water partition coefficient (Wildman–Crippen LogP) is 1.70. The first kappa shape index (κ1) is 17.0. The van der Waals surface area contributed by atoms with Crippen LogP contribution in [0.25, 0.3) is 22.1 Å². The normalized spacial score (nSPS) is 17.9. The van der Waals surface area contributed by atoms with Crippen LogP contribution in [0.5, 0.6) is 0 Å². The highest BCUT2D eigenvalue weighted by Gasteiger charge is 2.22. The number of aromatic nitrogens is 5. The summed E-state index contributed by atoms with van der Waals surface area (Å²) in [5.74, 6) is 0. The molecule has 28 heavy (non-hydrogen) atoms. The number of rotatable bonds is 5. The maximum Gasteiger partial charge on any atom is 0.219 e. The fourth-order valence-corrected chi connectivity index (χ4v) is 3.54. The fraction of sp³-hybridized carbons (Fsp3) is 0.300. The quantitative estimate of drug-likeness (QED) is 0.525. The van der Waals surface area contributed by atoms with Gasteiger partial charge in [-0.05, 0) is 35.0 Å². The maximum atomic E-state index is 5.88. The van der Waals surface area contributed by atoms with Crippen LogP contribution in [0, 0.1) is 0 Å². The summed E-state index contributed by atoms with van der Waals surface area (Å²) in [4.78, 5) is 18.2. The highest BCUT2D eigenvalue weighted by molar-refractivity contribution is 5.81. The second kappa shape index (κ2) is 7.49. The molecule has 1 fully saturated rings. The van der Waals surface area contributed by atoms with Crippen molar-refractivity contribution in [2.45, 2.75) is 12.6 Å². The Morgan fingerprint density at radius 2 is 1.96 bits per heavy atom. The number of hydrogen-bond acceptors (Lipinski definition) is 7. The van der Waals surface area contributed by atoms with Crippen molar-refractivity contribution >= 4 is 22.1 Å². The van der Waals surface area contributed by atoms with Gasteiger partial charge in [-0.3, -0.25) is 9.88 Å². The molecular weight excluding hydrogens is 356 g/mol. The zero-order valence-corrected chi connectivity index (χ0v) is 15.3. The molecule has 1 aliphatic heterocycles.